The van der Waals surface area contributed by atoms with Gasteiger partial charge in [-0.2, -0.15) is 0 Å². The predicted octanol–water partition coefficient (Wildman–Crippen LogP) is 1.69. The second-order valence-corrected chi connectivity index (χ2v) is 5.28. The molecule has 0 aromatic carbocycles. The summed E-state index contributed by atoms with van der Waals surface area (Å²) >= 11 is 0. The zero-order valence-electron chi connectivity index (χ0n) is 13.1. The van der Waals surface area contributed by atoms with E-state index in [1.165, 1.54) is 0 Å². The molecule has 2 heterocycles. The number of nitrogens with two attached hydrogens (primary N) is 1. The van der Waals surface area contributed by atoms with Gasteiger partial charge in [-0.25, -0.2) is 0 Å². The van der Waals surface area contributed by atoms with Crippen LogP contribution >= 0.6 is 0 Å². The molecule has 6 heteroatoms. The highest BCUT2D eigenvalue weighted by Gasteiger charge is 2.12. The molecule has 114 valence electrons. The van der Waals surface area contributed by atoms with E-state index >= 15 is 0 Å². The number of rotatable bonds is 6. The first-order chi connectivity index (χ1) is 10.0. The van der Waals surface area contributed by atoms with Crippen molar-refractivity contribution in [2.24, 2.45) is 12.8 Å². The maximum absolute atomic E-state index is 6.04. The minimum absolute atomic E-state index is 0.0960. The average molecular weight is 289 g/mol. The molecule has 1 unspecified atom stereocenters. The summed E-state index contributed by atoms with van der Waals surface area (Å²) in [4.78, 5) is 4.55. The summed E-state index contributed by atoms with van der Waals surface area (Å²) in [7, 11) is 1.93. The van der Waals surface area contributed by atoms with Gasteiger partial charge < -0.3 is 15.0 Å². The Morgan fingerprint density at radius 2 is 2.05 bits per heavy atom. The number of nitrogens with zero attached hydrogens (tertiary/aromatic N) is 4. The normalized spacial score (nSPS) is 12.4. The number of aryl methyl sites for hydroxylation is 2. The van der Waals surface area contributed by atoms with Crippen molar-refractivity contribution < 1.29 is 4.74 Å². The van der Waals surface area contributed by atoms with Gasteiger partial charge >= 0.3 is 0 Å². The van der Waals surface area contributed by atoms with Crippen molar-refractivity contribution in [2.75, 3.05) is 0 Å². The Labute approximate surface area is 125 Å². The number of aromatic nitrogens is 4. The lowest BCUT2D eigenvalue weighted by molar-refractivity contribution is 0.285. The molecule has 1 atom stereocenters. The fourth-order valence-electron chi connectivity index (χ4n) is 1.99. The topological polar surface area (TPSA) is 78.8 Å². The molecule has 0 aliphatic rings. The Balaban J connectivity index is 2.13. The Morgan fingerprint density at radius 1 is 1.29 bits per heavy atom. The van der Waals surface area contributed by atoms with Crippen LogP contribution in [-0.4, -0.2) is 25.8 Å². The van der Waals surface area contributed by atoms with Crippen LogP contribution in [0.3, 0.4) is 0 Å². The van der Waals surface area contributed by atoms with E-state index < -0.39 is 0 Å². The Hall–Kier alpha value is -1.95. The summed E-state index contributed by atoms with van der Waals surface area (Å²) < 4.78 is 7.79. The van der Waals surface area contributed by atoms with Crippen molar-refractivity contribution >= 4 is 0 Å². The fraction of sp³-hybridized carbons (Fsp3) is 0.533. The largest absolute Gasteiger partial charge is 0.484 e. The lowest BCUT2D eigenvalue weighted by Crippen LogP contribution is -2.22. The first-order valence-corrected chi connectivity index (χ1v) is 7.21. The van der Waals surface area contributed by atoms with Gasteiger partial charge in [-0.1, -0.05) is 6.92 Å². The third-order valence-electron chi connectivity index (χ3n) is 3.59. The number of hydrogen-bond donors (Lipinski definition) is 1. The molecule has 0 saturated carbocycles. The SMILES string of the molecule is CCC(N)Cc1nc(C)ccc1OCc1nnc(C)n1C. The quantitative estimate of drug-likeness (QED) is 0.875. The van der Waals surface area contributed by atoms with Crippen LogP contribution in [0.5, 0.6) is 5.75 Å². The molecule has 0 amide bonds. The van der Waals surface area contributed by atoms with Crippen LogP contribution in [-0.2, 0) is 20.1 Å². The molecular weight excluding hydrogens is 266 g/mol. The zero-order chi connectivity index (χ0) is 15.4. The van der Waals surface area contributed by atoms with Crippen LogP contribution in [0.25, 0.3) is 0 Å². The maximum Gasteiger partial charge on any atom is 0.170 e. The molecule has 0 aliphatic carbocycles. The minimum atomic E-state index is 0.0960. The minimum Gasteiger partial charge on any atom is -0.484 e. The average Bonchev–Trinajstić information content (AvgIpc) is 2.78. The molecule has 21 heavy (non-hydrogen) atoms. The molecule has 0 fully saturated rings. The van der Waals surface area contributed by atoms with E-state index in [4.69, 9.17) is 10.5 Å². The van der Waals surface area contributed by atoms with E-state index in [2.05, 4.69) is 22.1 Å². The predicted molar refractivity (Wildman–Crippen MR) is 81.0 cm³/mol. The summed E-state index contributed by atoms with van der Waals surface area (Å²) in [6.45, 7) is 6.33. The van der Waals surface area contributed by atoms with Crippen LogP contribution in [0, 0.1) is 13.8 Å². The molecule has 6 nitrogen and oxygen atoms in total. The van der Waals surface area contributed by atoms with E-state index in [-0.39, 0.29) is 6.04 Å². The van der Waals surface area contributed by atoms with Gasteiger partial charge in [0.15, 0.2) is 5.82 Å². The molecule has 0 bridgehead atoms. The second kappa shape index (κ2) is 6.67. The maximum atomic E-state index is 6.04. The van der Waals surface area contributed by atoms with Crippen LogP contribution in [0.1, 0.15) is 36.4 Å². The van der Waals surface area contributed by atoms with E-state index in [0.29, 0.717) is 13.0 Å². The van der Waals surface area contributed by atoms with Gasteiger partial charge in [-0.15, -0.1) is 10.2 Å². The van der Waals surface area contributed by atoms with E-state index in [9.17, 15) is 0 Å². The molecule has 2 aromatic rings. The fourth-order valence-corrected chi connectivity index (χ4v) is 1.99. The van der Waals surface area contributed by atoms with E-state index in [0.717, 1.165) is 35.2 Å². The van der Waals surface area contributed by atoms with E-state index in [1.54, 1.807) is 0 Å². The van der Waals surface area contributed by atoms with E-state index in [1.807, 2.05) is 37.6 Å². The third kappa shape index (κ3) is 3.78. The first kappa shape index (κ1) is 15.4. The number of pyridine rings is 1. The summed E-state index contributed by atoms with van der Waals surface area (Å²) in [6.07, 6.45) is 1.63. The smallest absolute Gasteiger partial charge is 0.170 e. The molecule has 0 spiro atoms. The van der Waals surface area contributed by atoms with Gasteiger partial charge in [0, 0.05) is 25.2 Å². The summed E-state index contributed by atoms with van der Waals surface area (Å²) in [6, 6.07) is 3.99. The van der Waals surface area contributed by atoms with Crippen LogP contribution in [0.2, 0.25) is 0 Å². The summed E-state index contributed by atoms with van der Waals surface area (Å²) in [5.41, 5.74) is 7.91. The second-order valence-electron chi connectivity index (χ2n) is 5.28. The first-order valence-electron chi connectivity index (χ1n) is 7.21. The van der Waals surface area contributed by atoms with Gasteiger partial charge in [-0.05, 0) is 32.4 Å². The Kier molecular flexibility index (Phi) is 4.90. The molecule has 2 aromatic heterocycles. The third-order valence-corrected chi connectivity index (χ3v) is 3.59. The van der Waals surface area contributed by atoms with Crippen molar-refractivity contribution in [3.63, 3.8) is 0 Å². The summed E-state index contributed by atoms with van der Waals surface area (Å²) in [5, 5.41) is 8.12. The highest BCUT2D eigenvalue weighted by atomic mass is 16.5. The van der Waals surface area contributed by atoms with Gasteiger partial charge in [0.25, 0.3) is 0 Å². The Morgan fingerprint density at radius 3 is 2.67 bits per heavy atom. The van der Waals surface area contributed by atoms with Crippen LogP contribution < -0.4 is 10.5 Å². The standard InChI is InChI=1S/C15H23N5O/c1-5-12(16)8-13-14(7-6-10(2)17-13)21-9-15-19-18-11(3)20(15)4/h6-7,12H,5,8-9,16H2,1-4H3. The molecule has 0 aliphatic heterocycles. The van der Waals surface area contributed by atoms with Crippen molar-refractivity contribution in [2.45, 2.75) is 46.3 Å². The molecule has 2 rings (SSSR count). The lowest BCUT2D eigenvalue weighted by atomic mass is 10.1. The van der Waals surface area contributed by atoms with Gasteiger partial charge in [0.05, 0.1) is 5.69 Å². The van der Waals surface area contributed by atoms with Gasteiger partial charge in [-0.3, -0.25) is 4.98 Å². The highest BCUT2D eigenvalue weighted by molar-refractivity contribution is 5.30. The zero-order valence-corrected chi connectivity index (χ0v) is 13.1. The van der Waals surface area contributed by atoms with Crippen molar-refractivity contribution in [1.29, 1.82) is 0 Å². The monoisotopic (exact) mass is 289 g/mol. The van der Waals surface area contributed by atoms with Crippen molar-refractivity contribution in [3.8, 4) is 5.75 Å². The highest BCUT2D eigenvalue weighted by Crippen LogP contribution is 2.20. The molecule has 0 saturated heterocycles. The molecule has 2 N–H and O–H groups in total. The Bertz CT molecular complexity index is 608. The van der Waals surface area contributed by atoms with Crippen molar-refractivity contribution in [1.82, 2.24) is 19.7 Å². The number of hydrogen-bond acceptors (Lipinski definition) is 5. The molecule has 0 radical (unpaired) electrons. The van der Waals surface area contributed by atoms with Gasteiger partial charge in [0.2, 0.25) is 0 Å². The van der Waals surface area contributed by atoms with Crippen LogP contribution in [0.4, 0.5) is 0 Å². The molecular formula is C15H23N5O. The summed E-state index contributed by atoms with van der Waals surface area (Å²) in [5.74, 6) is 2.42. The number of ether oxygens (including phenoxy) is 1. The lowest BCUT2D eigenvalue weighted by Gasteiger charge is -2.14. The van der Waals surface area contributed by atoms with Gasteiger partial charge in [0.1, 0.15) is 18.2 Å². The van der Waals surface area contributed by atoms with Crippen molar-refractivity contribution in [3.05, 3.63) is 35.2 Å². The van der Waals surface area contributed by atoms with Crippen LogP contribution in [0.15, 0.2) is 12.1 Å².